The van der Waals surface area contributed by atoms with Crippen LogP contribution in [0.5, 0.6) is 0 Å². The number of fused-ring (bicyclic) bond motifs is 1. The molecule has 0 aromatic carbocycles. The van der Waals surface area contributed by atoms with Crippen LogP contribution in [-0.2, 0) is 9.47 Å². The van der Waals surface area contributed by atoms with E-state index >= 15 is 0 Å². The minimum atomic E-state index is -0.418. The van der Waals surface area contributed by atoms with Gasteiger partial charge in [0.15, 0.2) is 11.2 Å². The lowest BCUT2D eigenvalue weighted by Crippen LogP contribution is -2.27. The summed E-state index contributed by atoms with van der Waals surface area (Å²) >= 11 is 0. The second kappa shape index (κ2) is 9.66. The van der Waals surface area contributed by atoms with E-state index in [-0.39, 0.29) is 60.7 Å². The molecule has 3 aromatic rings. The second-order valence-corrected chi connectivity index (χ2v) is 7.76. The molecule has 0 bridgehead atoms. The summed E-state index contributed by atoms with van der Waals surface area (Å²) in [5, 5.41) is 17.9. The Morgan fingerprint density at radius 3 is 2.21 bits per heavy atom. The molecule has 5 heterocycles. The molecule has 2 fully saturated rings. The number of ether oxygens (including phenoxy) is 2. The van der Waals surface area contributed by atoms with Gasteiger partial charge < -0.3 is 31.2 Å². The van der Waals surface area contributed by atoms with Gasteiger partial charge in [0, 0.05) is 6.20 Å². The van der Waals surface area contributed by atoms with Crippen LogP contribution in [0.15, 0.2) is 28.2 Å². The van der Waals surface area contributed by atoms with Crippen LogP contribution in [0.3, 0.4) is 0 Å². The molecular weight excluding hydrogens is 436 g/mol. The van der Waals surface area contributed by atoms with E-state index in [1.807, 2.05) is 0 Å². The molecule has 3 aromatic heterocycles. The average molecular weight is 462 g/mol. The summed E-state index contributed by atoms with van der Waals surface area (Å²) in [5.41, 5.74) is 10.7. The van der Waals surface area contributed by atoms with Gasteiger partial charge in [-0.2, -0.15) is 9.97 Å². The lowest BCUT2D eigenvalue weighted by Gasteiger charge is -2.14. The molecule has 14 nitrogen and oxygen atoms in total. The number of hydrogen-bond acceptors (Lipinski definition) is 11. The van der Waals surface area contributed by atoms with Crippen LogP contribution in [-0.4, -0.2) is 64.7 Å². The quantitative estimate of drug-likeness (QED) is 0.313. The van der Waals surface area contributed by atoms with Crippen molar-refractivity contribution in [2.75, 3.05) is 24.7 Å². The van der Waals surface area contributed by atoms with Crippen molar-refractivity contribution in [2.45, 2.75) is 50.3 Å². The second-order valence-electron chi connectivity index (χ2n) is 7.76. The molecular formula is C19H26N8O6. The first-order valence-electron chi connectivity index (χ1n) is 10.5. The number of H-pyrrole nitrogens is 1. The summed E-state index contributed by atoms with van der Waals surface area (Å²) in [6.07, 6.45) is 5.08. The Hall–Kier alpha value is -3.33. The van der Waals surface area contributed by atoms with E-state index < -0.39 is 5.69 Å². The Bertz CT molecular complexity index is 1220. The van der Waals surface area contributed by atoms with Gasteiger partial charge in [-0.15, -0.1) is 0 Å². The van der Waals surface area contributed by atoms with Gasteiger partial charge in [-0.3, -0.25) is 18.9 Å². The fourth-order valence-corrected chi connectivity index (χ4v) is 3.85. The van der Waals surface area contributed by atoms with Crippen molar-refractivity contribution in [3.05, 3.63) is 39.4 Å². The number of aromatic amines is 1. The summed E-state index contributed by atoms with van der Waals surface area (Å²) in [4.78, 5) is 37.2. The van der Waals surface area contributed by atoms with E-state index in [1.165, 1.54) is 10.9 Å². The fourth-order valence-electron chi connectivity index (χ4n) is 3.85. The molecule has 0 radical (unpaired) electrons. The number of aliphatic hydroxyl groups is 2. The lowest BCUT2D eigenvalue weighted by molar-refractivity contribution is -0.0245. The first kappa shape index (κ1) is 22.8. The van der Waals surface area contributed by atoms with E-state index in [2.05, 4.69) is 19.9 Å². The van der Waals surface area contributed by atoms with Gasteiger partial charge in [0.2, 0.25) is 5.95 Å². The minimum absolute atomic E-state index is 0.0146. The standard InChI is InChI=1S/C10H13N5O3.C9H13N3O3/c11-10-13-8-7(9(17)14-10)12-4-15(8)6-2-1-5(3-16)18-6;10-7-3-4-12(9(14)11-7)8-2-1-6(5-13)15-8/h4-6,16H,1-3H2,(H3,11,13,14,17);3-4,6,8,13H,1-2,5H2,(H2,10,11,14)/t5-,6+;6-,8+/m00/s1. The molecule has 0 unspecified atom stereocenters. The van der Waals surface area contributed by atoms with Gasteiger partial charge in [-0.25, -0.2) is 9.78 Å². The minimum Gasteiger partial charge on any atom is -0.394 e. The predicted octanol–water partition coefficient (Wildman–Crippen LogP) is -1.13. The molecule has 2 aliphatic heterocycles. The average Bonchev–Trinajstić information content (AvgIpc) is 3.53. The SMILES string of the molecule is Nc1ccn([C@H]2CC[C@@H](CO)O2)c(=O)n1.Nc1nc2c(ncn2[C@H]2CC[C@@H](CO)O2)c(=O)[nH]1. The number of nitrogen functional groups attached to an aromatic ring is 2. The smallest absolute Gasteiger partial charge is 0.351 e. The summed E-state index contributed by atoms with van der Waals surface area (Å²) in [7, 11) is 0. The largest absolute Gasteiger partial charge is 0.394 e. The number of aliphatic hydroxyl groups excluding tert-OH is 2. The molecule has 5 rings (SSSR count). The third kappa shape index (κ3) is 4.88. The third-order valence-corrected chi connectivity index (χ3v) is 5.50. The van der Waals surface area contributed by atoms with E-state index in [1.54, 1.807) is 16.8 Å². The van der Waals surface area contributed by atoms with Crippen molar-refractivity contribution in [2.24, 2.45) is 0 Å². The molecule has 0 amide bonds. The van der Waals surface area contributed by atoms with Crippen molar-refractivity contribution in [1.29, 1.82) is 0 Å². The third-order valence-electron chi connectivity index (χ3n) is 5.50. The fraction of sp³-hybridized carbons (Fsp3) is 0.526. The number of imidazole rings is 1. The van der Waals surface area contributed by atoms with Gasteiger partial charge in [-0.05, 0) is 31.7 Å². The molecule has 33 heavy (non-hydrogen) atoms. The highest BCUT2D eigenvalue weighted by Crippen LogP contribution is 2.29. The molecule has 7 N–H and O–H groups in total. The zero-order valence-corrected chi connectivity index (χ0v) is 17.7. The molecule has 0 saturated carbocycles. The number of hydrogen-bond donors (Lipinski definition) is 5. The first-order chi connectivity index (χ1) is 15.9. The summed E-state index contributed by atoms with van der Waals surface area (Å²) in [6.45, 7) is -0.0348. The van der Waals surface area contributed by atoms with Crippen LogP contribution in [0.4, 0.5) is 11.8 Å². The molecule has 0 aliphatic carbocycles. The van der Waals surface area contributed by atoms with Crippen LogP contribution in [0.25, 0.3) is 11.2 Å². The summed E-state index contributed by atoms with van der Waals surface area (Å²) in [5.74, 6) is 0.249. The van der Waals surface area contributed by atoms with Crippen molar-refractivity contribution in [3.63, 3.8) is 0 Å². The Labute approximate surface area is 186 Å². The highest BCUT2D eigenvalue weighted by atomic mass is 16.5. The monoisotopic (exact) mass is 462 g/mol. The summed E-state index contributed by atoms with van der Waals surface area (Å²) in [6, 6.07) is 1.55. The van der Waals surface area contributed by atoms with Gasteiger partial charge in [0.05, 0.1) is 31.7 Å². The lowest BCUT2D eigenvalue weighted by atomic mass is 10.2. The van der Waals surface area contributed by atoms with E-state index in [4.69, 9.17) is 31.2 Å². The summed E-state index contributed by atoms with van der Waals surface area (Å²) < 4.78 is 14.1. The Kier molecular flexibility index (Phi) is 6.69. The van der Waals surface area contributed by atoms with Gasteiger partial charge >= 0.3 is 5.69 Å². The number of rotatable bonds is 4. The molecule has 0 spiro atoms. The number of aromatic nitrogens is 6. The maximum absolute atomic E-state index is 11.6. The van der Waals surface area contributed by atoms with Crippen molar-refractivity contribution >= 4 is 22.9 Å². The van der Waals surface area contributed by atoms with Crippen molar-refractivity contribution in [3.8, 4) is 0 Å². The number of nitrogens with two attached hydrogens (primary N) is 2. The zero-order valence-electron chi connectivity index (χ0n) is 17.7. The van der Waals surface area contributed by atoms with E-state index in [0.717, 1.165) is 19.3 Å². The highest BCUT2D eigenvalue weighted by molar-refractivity contribution is 5.70. The van der Waals surface area contributed by atoms with Crippen LogP contribution >= 0.6 is 0 Å². The zero-order chi connectivity index (χ0) is 23.5. The molecule has 178 valence electrons. The van der Waals surface area contributed by atoms with Crippen molar-refractivity contribution in [1.82, 2.24) is 29.1 Å². The number of anilines is 2. The van der Waals surface area contributed by atoms with Crippen LogP contribution in [0.2, 0.25) is 0 Å². The van der Waals surface area contributed by atoms with E-state index in [9.17, 15) is 9.59 Å². The predicted molar refractivity (Wildman–Crippen MR) is 116 cm³/mol. The van der Waals surface area contributed by atoms with Crippen LogP contribution in [0, 0.1) is 0 Å². The number of nitrogens with zero attached hydrogens (tertiary/aromatic N) is 5. The van der Waals surface area contributed by atoms with Crippen LogP contribution in [0.1, 0.15) is 38.1 Å². The molecule has 4 atom stereocenters. The maximum atomic E-state index is 11.6. The van der Waals surface area contributed by atoms with Gasteiger partial charge in [-0.1, -0.05) is 0 Å². The van der Waals surface area contributed by atoms with E-state index in [0.29, 0.717) is 12.1 Å². The first-order valence-corrected chi connectivity index (χ1v) is 10.5. The maximum Gasteiger partial charge on any atom is 0.351 e. The Morgan fingerprint density at radius 1 is 1.00 bits per heavy atom. The topological polar surface area (TPSA) is 209 Å². The molecule has 2 aliphatic rings. The van der Waals surface area contributed by atoms with Crippen LogP contribution < -0.4 is 22.7 Å². The Balaban J connectivity index is 0.000000160. The normalized spacial score (nSPS) is 24.7. The molecule has 14 heteroatoms. The number of nitrogens with one attached hydrogen (secondary N) is 1. The van der Waals surface area contributed by atoms with Gasteiger partial charge in [0.25, 0.3) is 5.56 Å². The molecule has 2 saturated heterocycles. The highest BCUT2D eigenvalue weighted by Gasteiger charge is 2.28. The van der Waals surface area contributed by atoms with Crippen molar-refractivity contribution < 1.29 is 19.7 Å². The van der Waals surface area contributed by atoms with Gasteiger partial charge in [0.1, 0.15) is 18.3 Å². The Morgan fingerprint density at radius 2 is 1.64 bits per heavy atom.